The van der Waals surface area contributed by atoms with E-state index in [0.717, 1.165) is 39.4 Å². The summed E-state index contributed by atoms with van der Waals surface area (Å²) < 4.78 is 71.8. The van der Waals surface area contributed by atoms with Crippen molar-refractivity contribution < 1.29 is 40.4 Å². The Morgan fingerprint density at radius 3 is 2.37 bits per heavy atom. The minimum absolute atomic E-state index is 0.0247. The lowest BCUT2D eigenvalue weighted by Gasteiger charge is -2.43. The summed E-state index contributed by atoms with van der Waals surface area (Å²) in [5, 5.41) is 18.6. The van der Waals surface area contributed by atoms with Crippen molar-refractivity contribution in [2.45, 2.75) is 32.1 Å². The van der Waals surface area contributed by atoms with Crippen molar-refractivity contribution in [3.05, 3.63) is 76.0 Å². The number of methoxy groups -OCH3 is 1. The zero-order valence-corrected chi connectivity index (χ0v) is 27.2. The van der Waals surface area contributed by atoms with Gasteiger partial charge in [-0.05, 0) is 42.8 Å². The summed E-state index contributed by atoms with van der Waals surface area (Å²) in [7, 11) is 4.24. The number of primary amides is 1. The Morgan fingerprint density at radius 2 is 1.83 bits per heavy atom. The van der Waals surface area contributed by atoms with Crippen molar-refractivity contribution in [3.63, 3.8) is 0 Å². The van der Waals surface area contributed by atoms with Gasteiger partial charge in [0.15, 0.2) is 0 Å². The Hall–Kier alpha value is -4.46. The van der Waals surface area contributed by atoms with Gasteiger partial charge in [-0.25, -0.2) is 22.3 Å². The number of benzene rings is 2. The molecule has 0 unspecified atom stereocenters. The van der Waals surface area contributed by atoms with Gasteiger partial charge in [0, 0.05) is 37.5 Å². The molecule has 0 spiro atoms. The minimum Gasteiger partial charge on any atom is -0.466 e. The average molecular weight is 665 g/mol. The second-order valence-electron chi connectivity index (χ2n) is 11.6. The smallest absolute Gasteiger partial charge is 0.416 e. The van der Waals surface area contributed by atoms with Crippen LogP contribution in [0, 0.1) is 16.7 Å². The Bertz CT molecular complexity index is 1720. The van der Waals surface area contributed by atoms with Gasteiger partial charge in [0.1, 0.15) is 12.6 Å². The van der Waals surface area contributed by atoms with Crippen molar-refractivity contribution in [2.24, 2.45) is 5.73 Å². The Morgan fingerprint density at radius 1 is 1.17 bits per heavy atom. The van der Waals surface area contributed by atoms with E-state index in [0.29, 0.717) is 24.1 Å². The number of sulfonamides is 1. The van der Waals surface area contributed by atoms with E-state index in [-0.39, 0.29) is 39.3 Å². The fraction of sp³-hybridized carbons (Fsp3) is 0.400. The van der Waals surface area contributed by atoms with E-state index >= 15 is 0 Å². The van der Waals surface area contributed by atoms with Crippen molar-refractivity contribution >= 4 is 33.7 Å². The second-order valence-corrected chi connectivity index (χ2v) is 13.9. The number of rotatable bonds is 10. The van der Waals surface area contributed by atoms with Crippen LogP contribution in [0.5, 0.6) is 0 Å². The van der Waals surface area contributed by atoms with Crippen LogP contribution in [-0.4, -0.2) is 87.7 Å². The van der Waals surface area contributed by atoms with Gasteiger partial charge in [-0.15, -0.1) is 0 Å². The van der Waals surface area contributed by atoms with E-state index < -0.39 is 45.8 Å². The first-order valence-corrected chi connectivity index (χ1v) is 15.6. The number of amides is 2. The predicted octanol–water partition coefficient (Wildman–Crippen LogP) is 3.76. The molecule has 248 valence electrons. The number of nitrogens with zero attached hydrogens (tertiary/aromatic N) is 5. The monoisotopic (exact) mass is 664 g/mol. The first-order valence-electron chi connectivity index (χ1n) is 13.9. The van der Waals surface area contributed by atoms with Crippen LogP contribution >= 0.6 is 0 Å². The number of nitrogens with one attached hydrogen (secondary N) is 1. The number of carbonyl (C=O) groups is 2. The van der Waals surface area contributed by atoms with E-state index in [1.165, 1.54) is 39.2 Å². The number of hydrogen-bond acceptors (Lipinski definition) is 7. The highest BCUT2D eigenvalue weighted by molar-refractivity contribution is 7.89. The molecule has 0 radical (unpaired) electrons. The molecule has 0 bridgehead atoms. The Kier molecular flexibility index (Phi) is 10.6. The molecule has 0 aromatic heterocycles. The third kappa shape index (κ3) is 7.66. The number of nitriles is 1. The molecule has 0 fully saturated rings. The second kappa shape index (κ2) is 13.5. The summed E-state index contributed by atoms with van der Waals surface area (Å²) in [4.78, 5) is 28.2. The molecule has 3 rings (SSSR count). The summed E-state index contributed by atoms with van der Waals surface area (Å²) in [6.45, 7) is 2.01. The molecule has 46 heavy (non-hydrogen) atoms. The van der Waals surface area contributed by atoms with E-state index in [2.05, 4.69) is 6.07 Å². The standard InChI is InChI=1S/C30H36F3N7O5S/c1-19-25(27(41)45-6)26(39(29(36)42)28(35)38(19)23-10-7-9-22(16-23)30(31,32)33)24-12-11-20(17-34)15-21(24)18-40(4,5)13-8-14-46(43,44)37(2)3/h7,9-12,15-16,26,35H,8,13-14,18H2,1-6H3,(H-,36,42)/p+1/t26-/m1/s1. The Labute approximate surface area is 266 Å². The quantitative estimate of drug-likeness (QED) is 0.289. The zero-order valence-electron chi connectivity index (χ0n) is 26.3. The first-order chi connectivity index (χ1) is 21.3. The molecular weight excluding hydrogens is 627 g/mol. The summed E-state index contributed by atoms with van der Waals surface area (Å²) >= 11 is 0. The number of quaternary nitrogens is 1. The van der Waals surface area contributed by atoms with Crippen LogP contribution in [0.3, 0.4) is 0 Å². The van der Waals surface area contributed by atoms with Gasteiger partial charge in [0.05, 0.1) is 56.3 Å². The first kappa shape index (κ1) is 36.0. The van der Waals surface area contributed by atoms with Gasteiger partial charge in [0.2, 0.25) is 16.0 Å². The van der Waals surface area contributed by atoms with E-state index in [4.69, 9.17) is 15.9 Å². The van der Waals surface area contributed by atoms with E-state index in [1.54, 1.807) is 6.07 Å². The van der Waals surface area contributed by atoms with Gasteiger partial charge >= 0.3 is 18.2 Å². The molecule has 1 aliphatic rings. The maximum atomic E-state index is 13.6. The Balaban J connectivity index is 2.22. The molecule has 1 heterocycles. The number of esters is 1. The van der Waals surface area contributed by atoms with Crippen molar-refractivity contribution in [1.82, 2.24) is 9.21 Å². The van der Waals surface area contributed by atoms with Gasteiger partial charge in [0.25, 0.3) is 0 Å². The van der Waals surface area contributed by atoms with Gasteiger partial charge in [-0.1, -0.05) is 12.1 Å². The van der Waals surface area contributed by atoms with Crippen LogP contribution in [-0.2, 0) is 32.3 Å². The van der Waals surface area contributed by atoms with Crippen molar-refractivity contribution in [1.29, 1.82) is 10.7 Å². The van der Waals surface area contributed by atoms with Gasteiger partial charge in [-0.3, -0.25) is 15.2 Å². The maximum absolute atomic E-state index is 13.6. The third-order valence-corrected chi connectivity index (χ3v) is 9.58. The van der Waals surface area contributed by atoms with Crippen molar-refractivity contribution in [3.8, 4) is 6.07 Å². The fourth-order valence-corrected chi connectivity index (χ4v) is 6.20. The summed E-state index contributed by atoms with van der Waals surface area (Å²) in [5.41, 5.74) is 5.56. The van der Waals surface area contributed by atoms with Crippen LogP contribution in [0.4, 0.5) is 23.7 Å². The molecule has 0 saturated heterocycles. The SMILES string of the molecule is COC(=O)C1=C(C)N(c2cccc(C(F)(F)F)c2)C(=N)N(C(N)=O)[C@@H]1c1ccc(C#N)cc1C[N+](C)(C)CCCS(=O)(=O)N(C)C. The van der Waals surface area contributed by atoms with Crippen LogP contribution in [0.1, 0.15) is 41.6 Å². The molecule has 1 atom stereocenters. The van der Waals surface area contributed by atoms with Crippen LogP contribution in [0.15, 0.2) is 53.7 Å². The number of anilines is 1. The van der Waals surface area contributed by atoms with Gasteiger partial charge in [-0.2, -0.15) is 18.4 Å². The fourth-order valence-electron chi connectivity index (χ4n) is 5.35. The highest BCUT2D eigenvalue weighted by Gasteiger charge is 2.45. The zero-order chi connectivity index (χ0) is 34.8. The molecule has 16 heteroatoms. The lowest BCUT2D eigenvalue weighted by molar-refractivity contribution is -0.903. The molecule has 3 N–H and O–H groups in total. The van der Waals surface area contributed by atoms with Crippen molar-refractivity contribution in [2.75, 3.05) is 52.5 Å². The summed E-state index contributed by atoms with van der Waals surface area (Å²) in [6.07, 6.45) is -4.40. The highest BCUT2D eigenvalue weighted by Crippen LogP contribution is 2.42. The number of carbonyl (C=O) groups excluding carboxylic acids is 2. The normalized spacial score (nSPS) is 16.1. The summed E-state index contributed by atoms with van der Waals surface area (Å²) in [6, 6.07) is 8.17. The highest BCUT2D eigenvalue weighted by atomic mass is 32.2. The predicted molar refractivity (Wildman–Crippen MR) is 164 cm³/mol. The molecule has 1 aliphatic heterocycles. The number of urea groups is 1. The molecule has 12 nitrogen and oxygen atoms in total. The number of alkyl halides is 3. The van der Waals surface area contributed by atoms with E-state index in [9.17, 15) is 36.4 Å². The molecule has 2 aromatic rings. The maximum Gasteiger partial charge on any atom is 0.416 e. The number of hydrogen-bond donors (Lipinski definition) is 2. The number of allylic oxidation sites excluding steroid dienone is 1. The number of halogens is 3. The summed E-state index contributed by atoms with van der Waals surface area (Å²) in [5.74, 6) is -1.63. The topological polar surface area (TPSA) is 161 Å². The molecule has 0 aliphatic carbocycles. The molecular formula is C30H37F3N7O5S+. The third-order valence-electron chi connectivity index (χ3n) is 7.66. The average Bonchev–Trinajstić information content (AvgIpc) is 2.95. The lowest BCUT2D eigenvalue weighted by atomic mass is 9.88. The number of nitrogens with two attached hydrogens (primary N) is 1. The molecule has 2 aromatic carbocycles. The van der Waals surface area contributed by atoms with Crippen LogP contribution < -0.4 is 10.6 Å². The number of guanidine groups is 1. The largest absolute Gasteiger partial charge is 0.466 e. The lowest BCUT2D eigenvalue weighted by Crippen LogP contribution is -2.55. The minimum atomic E-state index is -4.71. The molecule has 0 saturated carbocycles. The number of ether oxygens (including phenoxy) is 1. The van der Waals surface area contributed by atoms with Crippen LogP contribution in [0.25, 0.3) is 0 Å². The van der Waals surface area contributed by atoms with E-state index in [1.807, 2.05) is 14.1 Å². The van der Waals surface area contributed by atoms with Gasteiger partial charge < -0.3 is 15.0 Å². The van der Waals surface area contributed by atoms with Crippen LogP contribution in [0.2, 0.25) is 0 Å². The molecule has 2 amide bonds.